The maximum Gasteiger partial charge on any atom is 0.233 e. The van der Waals surface area contributed by atoms with E-state index in [2.05, 4.69) is 12.2 Å². The molecule has 1 heterocycles. The zero-order valence-corrected chi connectivity index (χ0v) is 13.4. The van der Waals surface area contributed by atoms with Gasteiger partial charge in [-0.15, -0.1) is 0 Å². The summed E-state index contributed by atoms with van der Waals surface area (Å²) in [7, 11) is 0. The number of anilines is 1. The molecule has 0 spiro atoms. The highest BCUT2D eigenvalue weighted by molar-refractivity contribution is 6.30. The molecule has 3 rings (SSSR count). The lowest BCUT2D eigenvalue weighted by Crippen LogP contribution is -2.40. The lowest BCUT2D eigenvalue weighted by molar-refractivity contribution is -0.124. The molecule has 3 nitrogen and oxygen atoms in total. The van der Waals surface area contributed by atoms with Crippen molar-refractivity contribution in [1.82, 2.24) is 0 Å². The molecule has 0 saturated heterocycles. The van der Waals surface area contributed by atoms with E-state index in [1.54, 1.807) is 0 Å². The van der Waals surface area contributed by atoms with Crippen LogP contribution in [0.25, 0.3) is 0 Å². The van der Waals surface area contributed by atoms with Gasteiger partial charge in [0.05, 0.1) is 12.0 Å². The third kappa shape index (κ3) is 2.09. The summed E-state index contributed by atoms with van der Waals surface area (Å²) in [6, 6.07) is 5.79. The molecule has 1 N–H and O–H groups in total. The van der Waals surface area contributed by atoms with Gasteiger partial charge in [0.1, 0.15) is 0 Å². The number of unbranched alkanes of at least 4 members (excludes halogenated alkanes) is 1. The predicted octanol–water partition coefficient (Wildman–Crippen LogP) is 4.15. The Hall–Kier alpha value is -1.06. The van der Waals surface area contributed by atoms with Crippen LogP contribution >= 0.6 is 11.6 Å². The zero-order valence-electron chi connectivity index (χ0n) is 12.7. The topological polar surface area (TPSA) is 38.3 Å². The molecule has 0 aromatic heterocycles. The van der Waals surface area contributed by atoms with Gasteiger partial charge in [-0.1, -0.05) is 31.4 Å². The SMILES string of the molecule is CCCCC12CC1(COCC)C(=O)Nc1ccc(Cl)cc12. The van der Waals surface area contributed by atoms with E-state index in [1.807, 2.05) is 25.1 Å². The Morgan fingerprint density at radius 2 is 2.14 bits per heavy atom. The van der Waals surface area contributed by atoms with Gasteiger partial charge in [-0.3, -0.25) is 4.79 Å². The van der Waals surface area contributed by atoms with Crippen molar-refractivity contribution in [3.8, 4) is 0 Å². The van der Waals surface area contributed by atoms with Crippen molar-refractivity contribution in [2.75, 3.05) is 18.5 Å². The van der Waals surface area contributed by atoms with Crippen molar-refractivity contribution in [3.05, 3.63) is 28.8 Å². The molecule has 2 atom stereocenters. The number of carbonyl (C=O) groups is 1. The highest BCUT2D eigenvalue weighted by atomic mass is 35.5. The van der Waals surface area contributed by atoms with Gasteiger partial charge in [-0.25, -0.2) is 0 Å². The fourth-order valence-corrected chi connectivity index (χ4v) is 4.03. The number of fused-ring (bicyclic) bond motifs is 3. The van der Waals surface area contributed by atoms with Gasteiger partial charge < -0.3 is 10.1 Å². The smallest absolute Gasteiger partial charge is 0.233 e. The number of rotatable bonds is 6. The van der Waals surface area contributed by atoms with Crippen molar-refractivity contribution in [2.24, 2.45) is 5.41 Å². The van der Waals surface area contributed by atoms with E-state index in [9.17, 15) is 4.79 Å². The minimum absolute atomic E-state index is 0.0826. The van der Waals surface area contributed by atoms with Gasteiger partial charge in [0.25, 0.3) is 0 Å². The van der Waals surface area contributed by atoms with Crippen molar-refractivity contribution in [3.63, 3.8) is 0 Å². The van der Waals surface area contributed by atoms with E-state index >= 15 is 0 Å². The summed E-state index contributed by atoms with van der Waals surface area (Å²) in [4.78, 5) is 12.7. The summed E-state index contributed by atoms with van der Waals surface area (Å²) in [5.41, 5.74) is 1.64. The van der Waals surface area contributed by atoms with Crippen molar-refractivity contribution < 1.29 is 9.53 Å². The van der Waals surface area contributed by atoms with Crippen LogP contribution < -0.4 is 5.32 Å². The Labute approximate surface area is 131 Å². The first-order valence-corrected chi connectivity index (χ1v) is 8.16. The van der Waals surface area contributed by atoms with Crippen LogP contribution in [0, 0.1) is 5.41 Å². The van der Waals surface area contributed by atoms with Crippen LogP contribution in [-0.2, 0) is 14.9 Å². The molecule has 2 unspecified atom stereocenters. The molecule has 1 fully saturated rings. The summed E-state index contributed by atoms with van der Waals surface area (Å²) in [5, 5.41) is 3.79. The van der Waals surface area contributed by atoms with Crippen LogP contribution in [0.1, 0.15) is 45.1 Å². The molecule has 1 amide bonds. The molecule has 1 aliphatic heterocycles. The Morgan fingerprint density at radius 1 is 1.33 bits per heavy atom. The molecule has 1 aromatic rings. The van der Waals surface area contributed by atoms with Crippen molar-refractivity contribution >= 4 is 23.2 Å². The maximum atomic E-state index is 12.7. The number of hydrogen-bond donors (Lipinski definition) is 1. The van der Waals surface area contributed by atoms with E-state index in [1.165, 1.54) is 5.56 Å². The Kier molecular flexibility index (Phi) is 3.74. The third-order valence-electron chi connectivity index (χ3n) is 5.08. The summed E-state index contributed by atoms with van der Waals surface area (Å²) in [6.45, 7) is 5.30. The van der Waals surface area contributed by atoms with E-state index in [4.69, 9.17) is 16.3 Å². The Balaban J connectivity index is 2.03. The highest BCUT2D eigenvalue weighted by Crippen LogP contribution is 2.71. The number of carbonyl (C=O) groups excluding carboxylic acids is 1. The van der Waals surface area contributed by atoms with E-state index in [0.29, 0.717) is 13.2 Å². The molecule has 0 radical (unpaired) electrons. The summed E-state index contributed by atoms with van der Waals surface area (Å²) in [6.07, 6.45) is 4.15. The van der Waals surface area contributed by atoms with Crippen LogP contribution in [0.3, 0.4) is 0 Å². The Bertz CT molecular complexity index is 574. The normalized spacial score (nSPS) is 29.6. The molecule has 2 aliphatic rings. The molecule has 1 saturated carbocycles. The lowest BCUT2D eigenvalue weighted by atomic mass is 9.78. The van der Waals surface area contributed by atoms with Crippen LogP contribution in [0.15, 0.2) is 18.2 Å². The summed E-state index contributed by atoms with van der Waals surface area (Å²) in [5.74, 6) is 0.113. The van der Waals surface area contributed by atoms with Gasteiger partial charge in [0.15, 0.2) is 0 Å². The maximum absolute atomic E-state index is 12.7. The molecule has 21 heavy (non-hydrogen) atoms. The number of halogens is 1. The number of amides is 1. The van der Waals surface area contributed by atoms with Crippen molar-refractivity contribution in [2.45, 2.75) is 44.9 Å². The van der Waals surface area contributed by atoms with E-state index in [0.717, 1.165) is 36.4 Å². The number of ether oxygens (including phenoxy) is 1. The lowest BCUT2D eigenvalue weighted by Gasteiger charge is -2.32. The highest BCUT2D eigenvalue weighted by Gasteiger charge is 2.74. The predicted molar refractivity (Wildman–Crippen MR) is 84.8 cm³/mol. The molecule has 1 aromatic carbocycles. The number of hydrogen-bond acceptors (Lipinski definition) is 2. The van der Waals surface area contributed by atoms with E-state index < -0.39 is 5.41 Å². The number of benzene rings is 1. The first-order chi connectivity index (χ1) is 10.1. The monoisotopic (exact) mass is 307 g/mol. The molecule has 4 heteroatoms. The molecular weight excluding hydrogens is 286 g/mol. The second kappa shape index (κ2) is 5.29. The van der Waals surface area contributed by atoms with Gasteiger partial charge in [0, 0.05) is 22.7 Å². The fourth-order valence-electron chi connectivity index (χ4n) is 3.86. The fraction of sp³-hybridized carbons (Fsp3) is 0.588. The van der Waals surface area contributed by atoms with Crippen LogP contribution in [0.2, 0.25) is 5.02 Å². The second-order valence-corrected chi connectivity index (χ2v) is 6.66. The third-order valence-corrected chi connectivity index (χ3v) is 5.32. The van der Waals surface area contributed by atoms with E-state index in [-0.39, 0.29) is 11.3 Å². The van der Waals surface area contributed by atoms with Crippen molar-refractivity contribution in [1.29, 1.82) is 0 Å². The van der Waals surface area contributed by atoms with Gasteiger partial charge in [-0.2, -0.15) is 0 Å². The standard InChI is InChI=1S/C17H22ClNO2/c1-3-5-8-16-10-17(16,11-21-4-2)15(20)19-14-7-6-12(18)9-13(14)16/h6-7,9H,3-5,8,10-11H2,1-2H3,(H,19,20). The molecular formula is C17H22ClNO2. The quantitative estimate of drug-likeness (QED) is 0.857. The summed E-state index contributed by atoms with van der Waals surface area (Å²) >= 11 is 6.20. The van der Waals surface area contributed by atoms with Gasteiger partial charge in [0.2, 0.25) is 5.91 Å². The van der Waals surface area contributed by atoms with Crippen LogP contribution in [0.5, 0.6) is 0 Å². The minimum Gasteiger partial charge on any atom is -0.381 e. The van der Waals surface area contributed by atoms with Gasteiger partial charge >= 0.3 is 0 Å². The summed E-state index contributed by atoms with van der Waals surface area (Å²) < 4.78 is 5.64. The largest absolute Gasteiger partial charge is 0.381 e. The zero-order chi connectivity index (χ0) is 15.1. The Morgan fingerprint density at radius 3 is 2.86 bits per heavy atom. The average molecular weight is 308 g/mol. The molecule has 114 valence electrons. The van der Waals surface area contributed by atoms with Gasteiger partial charge in [-0.05, 0) is 43.5 Å². The average Bonchev–Trinajstić information content (AvgIpc) is 3.16. The molecule has 1 aliphatic carbocycles. The first-order valence-electron chi connectivity index (χ1n) is 7.79. The van der Waals surface area contributed by atoms with Crippen LogP contribution in [-0.4, -0.2) is 19.1 Å². The molecule has 0 bridgehead atoms. The second-order valence-electron chi connectivity index (χ2n) is 6.23. The first kappa shape index (κ1) is 14.9. The minimum atomic E-state index is -0.393. The number of nitrogens with one attached hydrogen (secondary N) is 1. The van der Waals surface area contributed by atoms with Crippen LogP contribution in [0.4, 0.5) is 5.69 Å².